The number of nitrogens with two attached hydrogens (primary N) is 1. The van der Waals surface area contributed by atoms with Crippen molar-refractivity contribution < 1.29 is 4.74 Å². The lowest BCUT2D eigenvalue weighted by Crippen LogP contribution is -2.31. The lowest BCUT2D eigenvalue weighted by molar-refractivity contribution is 0.213. The van der Waals surface area contributed by atoms with E-state index in [0.29, 0.717) is 0 Å². The van der Waals surface area contributed by atoms with E-state index < -0.39 is 0 Å². The van der Waals surface area contributed by atoms with Crippen LogP contribution in [0.3, 0.4) is 0 Å². The fourth-order valence-electron chi connectivity index (χ4n) is 2.56. The summed E-state index contributed by atoms with van der Waals surface area (Å²) in [6.07, 6.45) is 2.65. The topological polar surface area (TPSA) is 41.8 Å². The minimum Gasteiger partial charge on any atom is -0.399 e. The fraction of sp³-hybridized carbons (Fsp3) is 0.538. The van der Waals surface area contributed by atoms with Gasteiger partial charge >= 0.3 is 0 Å². The molecule has 0 spiro atoms. The van der Waals surface area contributed by atoms with E-state index in [1.54, 1.807) is 0 Å². The minimum absolute atomic E-state index is 0.0558. The van der Waals surface area contributed by atoms with E-state index >= 15 is 0 Å². The van der Waals surface area contributed by atoms with Crippen molar-refractivity contribution >= 4 is 5.69 Å². The molecular weight excluding hydrogens is 200 g/mol. The number of likely N-dealkylation sites (tertiary alicyclic amines) is 1. The number of nitrogens with zero attached hydrogens (tertiary/aromatic N) is 1. The monoisotopic (exact) mass is 218 g/mol. The zero-order valence-corrected chi connectivity index (χ0v) is 9.48. The molecule has 2 heterocycles. The summed E-state index contributed by atoms with van der Waals surface area (Å²) in [6, 6.07) is 8.11. The van der Waals surface area contributed by atoms with Crippen molar-refractivity contribution in [3.8, 4) is 0 Å². The first kappa shape index (κ1) is 10.1. The molecule has 2 aliphatic rings. The van der Waals surface area contributed by atoms with Gasteiger partial charge in [0.05, 0.1) is 6.61 Å². The second-order valence-corrected chi connectivity index (χ2v) is 4.89. The Morgan fingerprint density at radius 1 is 1.31 bits per heavy atom. The Balaban J connectivity index is 1.77. The predicted molar refractivity (Wildman–Crippen MR) is 64.2 cm³/mol. The van der Waals surface area contributed by atoms with Crippen LogP contribution in [0.25, 0.3) is 0 Å². The maximum absolute atomic E-state index is 5.82. The Hall–Kier alpha value is -1.06. The first-order valence-electron chi connectivity index (χ1n) is 6.01. The molecule has 0 aliphatic carbocycles. The molecule has 1 aromatic carbocycles. The van der Waals surface area contributed by atoms with Gasteiger partial charge in [-0.15, -0.1) is 0 Å². The Morgan fingerprint density at radius 2 is 2.06 bits per heavy atom. The highest BCUT2D eigenvalue weighted by Gasteiger charge is 2.47. The van der Waals surface area contributed by atoms with Crippen LogP contribution in [0.15, 0.2) is 24.3 Å². The van der Waals surface area contributed by atoms with Crippen LogP contribution in [0.4, 0.5) is 5.69 Å². The van der Waals surface area contributed by atoms with Crippen LogP contribution in [0.2, 0.25) is 0 Å². The third-order valence-electron chi connectivity index (χ3n) is 3.58. The van der Waals surface area contributed by atoms with E-state index in [4.69, 9.17) is 10.5 Å². The number of hydrogen-bond donors (Lipinski definition) is 1. The molecule has 3 heteroatoms. The van der Waals surface area contributed by atoms with Crippen LogP contribution in [0, 0.1) is 0 Å². The van der Waals surface area contributed by atoms with Crippen molar-refractivity contribution in [3.05, 3.63) is 29.8 Å². The Labute approximate surface area is 96.2 Å². The van der Waals surface area contributed by atoms with Crippen molar-refractivity contribution in [2.75, 3.05) is 32.0 Å². The maximum atomic E-state index is 5.82. The minimum atomic E-state index is -0.0558. The smallest absolute Gasteiger partial charge is 0.129 e. The van der Waals surface area contributed by atoms with Gasteiger partial charge in [0, 0.05) is 12.2 Å². The van der Waals surface area contributed by atoms with Gasteiger partial charge in [-0.25, -0.2) is 0 Å². The van der Waals surface area contributed by atoms with Crippen molar-refractivity contribution in [3.63, 3.8) is 0 Å². The highest BCUT2D eigenvalue weighted by atomic mass is 16.6. The average molecular weight is 218 g/mol. The SMILES string of the molecule is Nc1cccc(C2(CN3CCCC3)CO2)c1. The summed E-state index contributed by atoms with van der Waals surface area (Å²) < 4.78 is 5.70. The molecule has 16 heavy (non-hydrogen) atoms. The average Bonchev–Trinajstić information content (AvgIpc) is 2.87. The highest BCUT2D eigenvalue weighted by molar-refractivity contribution is 5.44. The van der Waals surface area contributed by atoms with Gasteiger partial charge < -0.3 is 15.4 Å². The van der Waals surface area contributed by atoms with E-state index in [1.165, 1.54) is 31.5 Å². The zero-order valence-electron chi connectivity index (χ0n) is 9.48. The largest absolute Gasteiger partial charge is 0.399 e. The van der Waals surface area contributed by atoms with E-state index in [9.17, 15) is 0 Å². The molecular formula is C13H18N2O. The summed E-state index contributed by atoms with van der Waals surface area (Å²) >= 11 is 0. The number of nitrogen functional groups attached to an aromatic ring is 1. The first-order valence-corrected chi connectivity index (χ1v) is 6.01. The molecule has 0 aromatic heterocycles. The van der Waals surface area contributed by atoms with Gasteiger partial charge in [0.2, 0.25) is 0 Å². The van der Waals surface area contributed by atoms with Crippen LogP contribution in [-0.4, -0.2) is 31.1 Å². The van der Waals surface area contributed by atoms with Crippen molar-refractivity contribution in [2.24, 2.45) is 0 Å². The molecule has 1 aromatic rings. The van der Waals surface area contributed by atoms with E-state index in [0.717, 1.165) is 18.8 Å². The lowest BCUT2D eigenvalue weighted by Gasteiger charge is -2.20. The van der Waals surface area contributed by atoms with E-state index in [2.05, 4.69) is 11.0 Å². The number of epoxide rings is 1. The van der Waals surface area contributed by atoms with Gasteiger partial charge in [-0.3, -0.25) is 0 Å². The molecule has 2 aliphatic heterocycles. The Kier molecular flexibility index (Phi) is 2.37. The fourth-order valence-corrected chi connectivity index (χ4v) is 2.56. The second-order valence-electron chi connectivity index (χ2n) is 4.89. The normalized spacial score (nSPS) is 29.5. The summed E-state index contributed by atoms with van der Waals surface area (Å²) in [6.45, 7) is 4.30. The summed E-state index contributed by atoms with van der Waals surface area (Å²) in [5.74, 6) is 0. The maximum Gasteiger partial charge on any atom is 0.129 e. The van der Waals surface area contributed by atoms with Crippen LogP contribution < -0.4 is 5.73 Å². The van der Waals surface area contributed by atoms with E-state index in [-0.39, 0.29) is 5.60 Å². The highest BCUT2D eigenvalue weighted by Crippen LogP contribution is 2.40. The molecule has 3 rings (SSSR count). The molecule has 0 saturated carbocycles. The van der Waals surface area contributed by atoms with Crippen LogP contribution in [-0.2, 0) is 10.3 Å². The zero-order chi connectivity index (χ0) is 11.0. The molecule has 0 bridgehead atoms. The predicted octanol–water partition coefficient (Wildman–Crippen LogP) is 1.59. The standard InChI is InChI=1S/C13H18N2O/c14-12-5-3-4-11(8-12)13(10-16-13)9-15-6-1-2-7-15/h3-5,8H,1-2,6-7,9-10,14H2. The van der Waals surface area contributed by atoms with Crippen LogP contribution in [0.5, 0.6) is 0 Å². The van der Waals surface area contributed by atoms with Crippen LogP contribution >= 0.6 is 0 Å². The van der Waals surface area contributed by atoms with Gasteiger partial charge in [-0.1, -0.05) is 12.1 Å². The van der Waals surface area contributed by atoms with Crippen molar-refractivity contribution in [2.45, 2.75) is 18.4 Å². The summed E-state index contributed by atoms with van der Waals surface area (Å²) in [7, 11) is 0. The van der Waals surface area contributed by atoms with Gasteiger partial charge in [-0.2, -0.15) is 0 Å². The quantitative estimate of drug-likeness (QED) is 0.619. The number of benzene rings is 1. The Morgan fingerprint density at radius 3 is 2.69 bits per heavy atom. The lowest BCUT2D eigenvalue weighted by atomic mass is 9.99. The third kappa shape index (κ3) is 1.81. The molecule has 2 fully saturated rings. The second kappa shape index (κ2) is 3.75. The molecule has 2 N–H and O–H groups in total. The van der Waals surface area contributed by atoms with Gasteiger partial charge in [0.1, 0.15) is 5.60 Å². The molecule has 0 amide bonds. The van der Waals surface area contributed by atoms with Gasteiger partial charge in [0.15, 0.2) is 0 Å². The molecule has 0 radical (unpaired) electrons. The van der Waals surface area contributed by atoms with Gasteiger partial charge in [-0.05, 0) is 43.6 Å². The summed E-state index contributed by atoms with van der Waals surface area (Å²) in [5, 5.41) is 0. The molecule has 1 atom stereocenters. The van der Waals surface area contributed by atoms with Gasteiger partial charge in [0.25, 0.3) is 0 Å². The third-order valence-corrected chi connectivity index (χ3v) is 3.58. The molecule has 3 nitrogen and oxygen atoms in total. The summed E-state index contributed by atoms with van der Waals surface area (Å²) in [5.41, 5.74) is 7.83. The number of anilines is 1. The number of ether oxygens (including phenoxy) is 1. The Bertz CT molecular complexity index is 381. The number of rotatable bonds is 3. The molecule has 86 valence electrons. The summed E-state index contributed by atoms with van der Waals surface area (Å²) in [4.78, 5) is 2.50. The molecule has 1 unspecified atom stereocenters. The first-order chi connectivity index (χ1) is 7.78. The number of hydrogen-bond acceptors (Lipinski definition) is 3. The van der Waals surface area contributed by atoms with Crippen LogP contribution in [0.1, 0.15) is 18.4 Å². The molecule has 2 saturated heterocycles. The van der Waals surface area contributed by atoms with Crippen molar-refractivity contribution in [1.29, 1.82) is 0 Å². The van der Waals surface area contributed by atoms with E-state index in [1.807, 2.05) is 18.2 Å². The van der Waals surface area contributed by atoms with Crippen molar-refractivity contribution in [1.82, 2.24) is 4.90 Å².